The zero-order chi connectivity index (χ0) is 19.2. The van der Waals surface area contributed by atoms with E-state index in [4.69, 9.17) is 4.42 Å². The molecule has 2 heterocycles. The van der Waals surface area contributed by atoms with Gasteiger partial charge < -0.3 is 15.1 Å². The number of rotatable bonds is 7. The Bertz CT molecular complexity index is 875. The Labute approximate surface area is 158 Å². The zero-order valence-corrected chi connectivity index (χ0v) is 15.6. The molecule has 0 saturated heterocycles. The maximum absolute atomic E-state index is 12.4. The lowest BCUT2D eigenvalue weighted by Gasteiger charge is -2.22. The summed E-state index contributed by atoms with van der Waals surface area (Å²) in [6.45, 7) is 2.32. The van der Waals surface area contributed by atoms with Crippen molar-refractivity contribution in [3.8, 4) is 0 Å². The summed E-state index contributed by atoms with van der Waals surface area (Å²) < 4.78 is 5.69. The molecule has 0 spiro atoms. The molecule has 2 N–H and O–H groups in total. The van der Waals surface area contributed by atoms with E-state index < -0.39 is 0 Å². The molecule has 0 aliphatic carbocycles. The number of furan rings is 1. The van der Waals surface area contributed by atoms with Crippen LogP contribution in [-0.2, 0) is 0 Å². The van der Waals surface area contributed by atoms with Crippen molar-refractivity contribution < 1.29 is 9.21 Å². The van der Waals surface area contributed by atoms with Crippen LogP contribution in [0.25, 0.3) is 0 Å². The Balaban J connectivity index is 1.60. The molecule has 0 bridgehead atoms. The zero-order valence-electron chi connectivity index (χ0n) is 15.6. The molecule has 140 valence electrons. The van der Waals surface area contributed by atoms with Gasteiger partial charge in [0, 0.05) is 24.6 Å². The van der Waals surface area contributed by atoms with Crippen molar-refractivity contribution >= 4 is 17.5 Å². The average molecular weight is 365 g/mol. The predicted molar refractivity (Wildman–Crippen MR) is 104 cm³/mol. The summed E-state index contributed by atoms with van der Waals surface area (Å²) in [6.07, 6.45) is 3.02. The number of hydrogen-bond donors (Lipinski definition) is 2. The van der Waals surface area contributed by atoms with Crippen molar-refractivity contribution in [1.82, 2.24) is 20.2 Å². The highest BCUT2D eigenvalue weighted by Gasteiger charge is 2.19. The van der Waals surface area contributed by atoms with Gasteiger partial charge >= 0.3 is 0 Å². The molecule has 1 atom stereocenters. The Hall–Kier alpha value is -3.19. The van der Waals surface area contributed by atoms with Gasteiger partial charge in [0.05, 0.1) is 11.6 Å². The van der Waals surface area contributed by atoms with Crippen LogP contribution in [0.15, 0.2) is 59.3 Å². The van der Waals surface area contributed by atoms with Gasteiger partial charge in [-0.25, -0.2) is 9.97 Å². The largest absolute Gasteiger partial charge is 0.465 e. The number of carbonyl (C=O) groups excluding carboxylic acids is 1. The van der Waals surface area contributed by atoms with Crippen LogP contribution in [0.5, 0.6) is 0 Å². The van der Waals surface area contributed by atoms with Crippen molar-refractivity contribution in [3.05, 3.63) is 71.9 Å². The van der Waals surface area contributed by atoms with Crippen molar-refractivity contribution in [3.63, 3.8) is 0 Å². The van der Waals surface area contributed by atoms with Crippen LogP contribution in [0, 0.1) is 6.92 Å². The predicted octanol–water partition coefficient (Wildman–Crippen LogP) is 3.15. The monoisotopic (exact) mass is 365 g/mol. The van der Waals surface area contributed by atoms with E-state index in [0.717, 1.165) is 17.2 Å². The minimum atomic E-state index is -0.226. The molecule has 0 aliphatic rings. The summed E-state index contributed by atoms with van der Waals surface area (Å²) in [5.41, 5.74) is 1.29. The summed E-state index contributed by atoms with van der Waals surface area (Å²) in [5, 5.41) is 6.00. The Kier molecular flexibility index (Phi) is 5.83. The van der Waals surface area contributed by atoms with Crippen LogP contribution in [0.1, 0.15) is 27.9 Å². The van der Waals surface area contributed by atoms with Gasteiger partial charge in [0.15, 0.2) is 0 Å². The summed E-state index contributed by atoms with van der Waals surface area (Å²) >= 11 is 0. The van der Waals surface area contributed by atoms with Gasteiger partial charge in [-0.15, -0.1) is 0 Å². The molecule has 0 saturated carbocycles. The van der Waals surface area contributed by atoms with E-state index in [9.17, 15) is 4.79 Å². The third-order valence-electron chi connectivity index (χ3n) is 4.11. The van der Waals surface area contributed by atoms with E-state index in [0.29, 0.717) is 18.1 Å². The minimum absolute atomic E-state index is 0.0532. The molecule has 1 aromatic carbocycles. The molecule has 3 rings (SSSR count). The fourth-order valence-corrected chi connectivity index (χ4v) is 2.62. The number of para-hydroxylation sites is 1. The van der Waals surface area contributed by atoms with Gasteiger partial charge in [0.2, 0.25) is 5.95 Å². The number of likely N-dealkylation sites (N-methyl/N-ethyl adjacent to an activating group) is 1. The van der Waals surface area contributed by atoms with Crippen molar-refractivity contribution in [1.29, 1.82) is 0 Å². The van der Waals surface area contributed by atoms with Crippen LogP contribution < -0.4 is 10.6 Å². The fourth-order valence-electron chi connectivity index (χ4n) is 2.62. The minimum Gasteiger partial charge on any atom is -0.465 e. The van der Waals surface area contributed by atoms with E-state index in [-0.39, 0.29) is 11.9 Å². The first kappa shape index (κ1) is 18.6. The normalized spacial score (nSPS) is 12.0. The molecular weight excluding hydrogens is 342 g/mol. The Morgan fingerprint density at radius 1 is 1.11 bits per heavy atom. The quantitative estimate of drug-likeness (QED) is 0.669. The molecule has 2 aromatic heterocycles. The van der Waals surface area contributed by atoms with Gasteiger partial charge in [0.25, 0.3) is 5.91 Å². The summed E-state index contributed by atoms with van der Waals surface area (Å²) in [4.78, 5) is 22.8. The average Bonchev–Trinajstić information content (AvgIpc) is 3.09. The molecule has 27 heavy (non-hydrogen) atoms. The number of nitrogens with one attached hydrogen (secondary N) is 2. The fraction of sp³-hybridized carbons (Fsp3) is 0.250. The number of amides is 1. The molecule has 0 aliphatic heterocycles. The number of aryl methyl sites for hydroxylation is 1. The van der Waals surface area contributed by atoms with E-state index in [1.807, 2.05) is 68.4 Å². The van der Waals surface area contributed by atoms with Gasteiger partial charge in [0.1, 0.15) is 11.5 Å². The first-order chi connectivity index (χ1) is 13.0. The molecule has 0 fully saturated rings. The first-order valence-electron chi connectivity index (χ1n) is 8.68. The third-order valence-corrected chi connectivity index (χ3v) is 4.11. The number of carbonyl (C=O) groups is 1. The number of benzene rings is 1. The lowest BCUT2D eigenvalue weighted by Crippen LogP contribution is -2.34. The van der Waals surface area contributed by atoms with E-state index in [1.54, 1.807) is 0 Å². The molecule has 1 amide bonds. The second kappa shape index (κ2) is 8.46. The number of nitrogens with zero attached hydrogens (tertiary/aromatic N) is 3. The van der Waals surface area contributed by atoms with Crippen LogP contribution in [0.3, 0.4) is 0 Å². The highest BCUT2D eigenvalue weighted by molar-refractivity contribution is 5.93. The summed E-state index contributed by atoms with van der Waals surface area (Å²) in [6, 6.07) is 13.4. The van der Waals surface area contributed by atoms with Gasteiger partial charge in [-0.2, -0.15) is 0 Å². The van der Waals surface area contributed by atoms with Crippen LogP contribution >= 0.6 is 0 Å². The Morgan fingerprint density at radius 2 is 1.81 bits per heavy atom. The summed E-state index contributed by atoms with van der Waals surface area (Å²) in [7, 11) is 3.89. The standard InChI is InChI=1S/C20H23N5O2/c1-14-9-10-18(27-14)17(25(2)3)13-21-19(26)15-11-22-20(23-12-15)24-16-7-5-4-6-8-16/h4-12,17H,13H2,1-3H3,(H,21,26)(H,22,23,24). The van der Waals surface area contributed by atoms with Crippen molar-refractivity contribution in [2.75, 3.05) is 26.0 Å². The van der Waals surface area contributed by atoms with E-state index in [2.05, 4.69) is 20.6 Å². The second-order valence-electron chi connectivity index (χ2n) is 6.42. The molecule has 3 aromatic rings. The van der Waals surface area contributed by atoms with Crippen molar-refractivity contribution in [2.45, 2.75) is 13.0 Å². The number of anilines is 2. The topological polar surface area (TPSA) is 83.3 Å². The summed E-state index contributed by atoms with van der Waals surface area (Å²) in [5.74, 6) is 1.88. The lowest BCUT2D eigenvalue weighted by atomic mass is 10.2. The smallest absolute Gasteiger partial charge is 0.254 e. The third kappa shape index (κ3) is 4.92. The molecule has 7 heteroatoms. The highest BCUT2D eigenvalue weighted by atomic mass is 16.3. The number of hydrogen-bond acceptors (Lipinski definition) is 6. The SMILES string of the molecule is Cc1ccc(C(CNC(=O)c2cnc(Nc3ccccc3)nc2)N(C)C)o1. The van der Waals surface area contributed by atoms with Crippen LogP contribution in [0.2, 0.25) is 0 Å². The van der Waals surface area contributed by atoms with E-state index >= 15 is 0 Å². The van der Waals surface area contributed by atoms with Gasteiger partial charge in [-0.1, -0.05) is 18.2 Å². The number of aromatic nitrogens is 2. The van der Waals surface area contributed by atoms with Gasteiger partial charge in [-0.05, 0) is 45.3 Å². The molecule has 0 radical (unpaired) electrons. The van der Waals surface area contributed by atoms with Crippen LogP contribution in [-0.4, -0.2) is 41.4 Å². The second-order valence-corrected chi connectivity index (χ2v) is 6.42. The highest BCUT2D eigenvalue weighted by Crippen LogP contribution is 2.20. The maximum atomic E-state index is 12.4. The van der Waals surface area contributed by atoms with E-state index in [1.165, 1.54) is 12.4 Å². The maximum Gasteiger partial charge on any atom is 0.254 e. The Morgan fingerprint density at radius 3 is 2.41 bits per heavy atom. The molecule has 1 unspecified atom stereocenters. The van der Waals surface area contributed by atoms with Gasteiger partial charge in [-0.3, -0.25) is 9.69 Å². The molecular formula is C20H23N5O2. The lowest BCUT2D eigenvalue weighted by molar-refractivity contribution is 0.0938. The molecule has 7 nitrogen and oxygen atoms in total. The first-order valence-corrected chi connectivity index (χ1v) is 8.68. The van der Waals surface area contributed by atoms with Crippen LogP contribution in [0.4, 0.5) is 11.6 Å². The van der Waals surface area contributed by atoms with Crippen molar-refractivity contribution in [2.24, 2.45) is 0 Å².